The summed E-state index contributed by atoms with van der Waals surface area (Å²) >= 11 is 0. The third-order valence-electron chi connectivity index (χ3n) is 10.1. The summed E-state index contributed by atoms with van der Waals surface area (Å²) in [5.74, 6) is 0.766. The molecule has 2 aliphatic rings. The Labute approximate surface area is 277 Å². The summed E-state index contributed by atoms with van der Waals surface area (Å²) in [7, 11) is 0. The van der Waals surface area contributed by atoms with Crippen LogP contribution in [0.25, 0.3) is 22.4 Å². The summed E-state index contributed by atoms with van der Waals surface area (Å²) in [6.45, 7) is 9.10. The van der Waals surface area contributed by atoms with Gasteiger partial charge in [-0.3, -0.25) is 14.6 Å². The molecule has 3 aromatic carbocycles. The number of benzene rings is 3. The minimum atomic E-state index is -0.504. The Morgan fingerprint density at radius 1 is 0.745 bits per heavy atom. The number of aromatic nitrogens is 1. The molecule has 6 rings (SSSR count). The maximum Gasteiger partial charge on any atom is 0.198 e. The summed E-state index contributed by atoms with van der Waals surface area (Å²) in [4.78, 5) is 32.1. The van der Waals surface area contributed by atoms with Crippen molar-refractivity contribution in [1.29, 1.82) is 0 Å². The van der Waals surface area contributed by atoms with Gasteiger partial charge in [0.1, 0.15) is 17.2 Å². The molecule has 0 aliphatic heterocycles. The van der Waals surface area contributed by atoms with Crippen LogP contribution >= 0.6 is 0 Å². The number of fused-ring (bicyclic) bond motifs is 2. The van der Waals surface area contributed by atoms with Crippen LogP contribution in [0.3, 0.4) is 0 Å². The number of carbonyl (C=O) groups excluding carboxylic acids is 2. The third-order valence-corrected chi connectivity index (χ3v) is 10.1. The second kappa shape index (κ2) is 13.7. The minimum Gasteiger partial charge on any atom is -0.507 e. The molecule has 2 aliphatic carbocycles. The molecule has 1 fully saturated rings. The van der Waals surface area contributed by atoms with E-state index >= 15 is 0 Å². The van der Waals surface area contributed by atoms with Gasteiger partial charge < -0.3 is 14.9 Å². The van der Waals surface area contributed by atoms with Gasteiger partial charge in [-0.15, -0.1) is 0 Å². The van der Waals surface area contributed by atoms with E-state index in [9.17, 15) is 19.8 Å². The summed E-state index contributed by atoms with van der Waals surface area (Å²) in [5, 5.41) is 22.8. The van der Waals surface area contributed by atoms with Crippen LogP contribution in [0.5, 0.6) is 17.2 Å². The Morgan fingerprint density at radius 3 is 1.89 bits per heavy atom. The number of unbranched alkanes of at least 4 members (excludes halogenated alkanes) is 1. The Hall–Kier alpha value is -4.45. The van der Waals surface area contributed by atoms with E-state index < -0.39 is 11.6 Å². The topological polar surface area (TPSA) is 96.7 Å². The van der Waals surface area contributed by atoms with Crippen LogP contribution in [0, 0.1) is 25.7 Å². The van der Waals surface area contributed by atoms with E-state index in [1.165, 1.54) is 38.5 Å². The quantitative estimate of drug-likeness (QED) is 0.159. The van der Waals surface area contributed by atoms with Crippen molar-refractivity contribution in [3.05, 3.63) is 93.7 Å². The van der Waals surface area contributed by atoms with Gasteiger partial charge in [-0.25, -0.2) is 0 Å². The van der Waals surface area contributed by atoms with Crippen LogP contribution in [0.4, 0.5) is 0 Å². The Morgan fingerprint density at radius 2 is 1.32 bits per heavy atom. The normalized spacial score (nSPS) is 17.4. The van der Waals surface area contributed by atoms with E-state index in [2.05, 4.69) is 18.8 Å². The number of pyridine rings is 1. The van der Waals surface area contributed by atoms with Crippen LogP contribution in [0.15, 0.2) is 54.7 Å². The molecule has 1 aromatic heterocycles. The first-order chi connectivity index (χ1) is 22.7. The average Bonchev–Trinajstić information content (AvgIpc) is 3.06. The van der Waals surface area contributed by atoms with Crippen LogP contribution in [0.2, 0.25) is 0 Å². The SMILES string of the molecule is CCCCc1ccc(-c2ccc3c(c2O)C(=O)c2ccc(-c4cc(C)c(OCC5CCC(CCC)CC5)c(C)c4)c(O)c2C3=O)nc1. The van der Waals surface area contributed by atoms with Crippen molar-refractivity contribution >= 4 is 11.6 Å². The van der Waals surface area contributed by atoms with Gasteiger partial charge in [-0.1, -0.05) is 52.0 Å². The molecule has 0 spiro atoms. The lowest BCUT2D eigenvalue weighted by Gasteiger charge is -2.28. The van der Waals surface area contributed by atoms with Crippen molar-refractivity contribution < 1.29 is 24.5 Å². The highest BCUT2D eigenvalue weighted by atomic mass is 16.5. The predicted octanol–water partition coefficient (Wildman–Crippen LogP) is 9.55. The molecule has 2 N–H and O–H groups in total. The zero-order chi connectivity index (χ0) is 33.2. The van der Waals surface area contributed by atoms with Gasteiger partial charge in [0.25, 0.3) is 0 Å². The number of hydrogen-bond donors (Lipinski definition) is 2. The molecule has 0 saturated heterocycles. The second-order valence-corrected chi connectivity index (χ2v) is 13.5. The number of ketones is 2. The Kier molecular flexibility index (Phi) is 9.49. The van der Waals surface area contributed by atoms with Gasteiger partial charge in [0.05, 0.1) is 23.4 Å². The fraction of sp³-hybridized carbons (Fsp3) is 0.390. The largest absolute Gasteiger partial charge is 0.507 e. The van der Waals surface area contributed by atoms with E-state index in [0.29, 0.717) is 29.3 Å². The third kappa shape index (κ3) is 6.30. The highest BCUT2D eigenvalue weighted by Gasteiger charge is 2.36. The first-order valence-electron chi connectivity index (χ1n) is 17.2. The van der Waals surface area contributed by atoms with Gasteiger partial charge in [0.2, 0.25) is 0 Å². The molecule has 4 aromatic rings. The van der Waals surface area contributed by atoms with E-state index in [-0.39, 0.29) is 33.8 Å². The first kappa shape index (κ1) is 32.5. The molecule has 1 heterocycles. The van der Waals surface area contributed by atoms with Crippen molar-refractivity contribution in [1.82, 2.24) is 4.98 Å². The molecule has 0 amide bonds. The molecule has 244 valence electrons. The molecule has 0 atom stereocenters. The van der Waals surface area contributed by atoms with Gasteiger partial charge >= 0.3 is 0 Å². The van der Waals surface area contributed by atoms with E-state index in [4.69, 9.17) is 4.74 Å². The number of carbonyl (C=O) groups is 2. The maximum atomic E-state index is 13.8. The number of phenols is 2. The van der Waals surface area contributed by atoms with Crippen molar-refractivity contribution in [2.75, 3.05) is 6.61 Å². The lowest BCUT2D eigenvalue weighted by atomic mass is 9.80. The van der Waals surface area contributed by atoms with E-state index in [0.717, 1.165) is 53.2 Å². The van der Waals surface area contributed by atoms with Crippen LogP contribution < -0.4 is 4.74 Å². The summed E-state index contributed by atoms with van der Waals surface area (Å²) < 4.78 is 6.37. The molecule has 0 bridgehead atoms. The number of hydrogen-bond acceptors (Lipinski definition) is 6. The molecule has 47 heavy (non-hydrogen) atoms. The number of ether oxygens (including phenoxy) is 1. The van der Waals surface area contributed by atoms with Crippen LogP contribution in [-0.2, 0) is 6.42 Å². The van der Waals surface area contributed by atoms with Crippen LogP contribution in [-0.4, -0.2) is 33.4 Å². The lowest BCUT2D eigenvalue weighted by Crippen LogP contribution is -2.21. The maximum absolute atomic E-state index is 13.8. The van der Waals surface area contributed by atoms with Crippen molar-refractivity contribution in [2.45, 2.75) is 85.5 Å². The standard InChI is InChI=1S/C41H45NO5/c1-5-7-9-27-14-19-34(42-22-27)31-16-18-33-36(38(31)44)40(46)32-17-15-30(37(43)35(32)39(33)45)29-20-24(3)41(25(4)21-29)47-23-28-12-10-26(8-6-2)11-13-28/h14-22,26,28,43-44H,5-13,23H2,1-4H3. The number of phenolic OH excluding ortho intramolecular Hbond substituents is 2. The molecule has 6 heteroatoms. The molecular formula is C41H45NO5. The number of rotatable bonds is 10. The summed E-state index contributed by atoms with van der Waals surface area (Å²) in [6, 6.07) is 14.1. The monoisotopic (exact) mass is 631 g/mol. The first-order valence-corrected chi connectivity index (χ1v) is 17.2. The Balaban J connectivity index is 1.25. The van der Waals surface area contributed by atoms with Gasteiger partial charge in [0, 0.05) is 28.5 Å². The fourth-order valence-electron chi connectivity index (χ4n) is 7.47. The van der Waals surface area contributed by atoms with Crippen LogP contribution in [0.1, 0.15) is 114 Å². The van der Waals surface area contributed by atoms with Gasteiger partial charge in [0.15, 0.2) is 11.6 Å². The summed E-state index contributed by atoms with van der Waals surface area (Å²) in [6.07, 6.45) is 12.4. The minimum absolute atomic E-state index is 0.0418. The van der Waals surface area contributed by atoms with Crippen molar-refractivity contribution in [2.24, 2.45) is 11.8 Å². The predicted molar refractivity (Wildman–Crippen MR) is 186 cm³/mol. The fourth-order valence-corrected chi connectivity index (χ4v) is 7.47. The van der Waals surface area contributed by atoms with Crippen molar-refractivity contribution in [3.63, 3.8) is 0 Å². The van der Waals surface area contributed by atoms with Crippen molar-refractivity contribution in [3.8, 4) is 39.6 Å². The number of aromatic hydroxyl groups is 2. The summed E-state index contributed by atoms with van der Waals surface area (Å²) in [5.41, 5.74) is 5.16. The highest BCUT2D eigenvalue weighted by molar-refractivity contribution is 6.31. The molecule has 0 radical (unpaired) electrons. The molecule has 6 nitrogen and oxygen atoms in total. The number of nitrogens with zero attached hydrogens (tertiary/aromatic N) is 1. The van der Waals surface area contributed by atoms with E-state index in [1.807, 2.05) is 38.1 Å². The second-order valence-electron chi connectivity index (χ2n) is 13.5. The highest BCUT2D eigenvalue weighted by Crippen LogP contribution is 2.44. The zero-order valence-electron chi connectivity index (χ0n) is 28.0. The molecule has 0 unspecified atom stereocenters. The molecule has 1 saturated carbocycles. The van der Waals surface area contributed by atoms with Gasteiger partial charge in [-0.05, 0) is 116 Å². The molecular weight excluding hydrogens is 586 g/mol. The van der Waals surface area contributed by atoms with E-state index in [1.54, 1.807) is 30.5 Å². The smallest absolute Gasteiger partial charge is 0.198 e. The Bertz CT molecular complexity index is 1790. The van der Waals surface area contributed by atoms with Gasteiger partial charge in [-0.2, -0.15) is 0 Å². The lowest BCUT2D eigenvalue weighted by molar-refractivity contribution is 0.0974. The zero-order valence-corrected chi connectivity index (χ0v) is 28.0. The number of aryl methyl sites for hydroxylation is 3. The average molecular weight is 632 g/mol.